The molecule has 106 valence electrons. The van der Waals surface area contributed by atoms with Crippen molar-refractivity contribution >= 4 is 5.97 Å². The van der Waals surface area contributed by atoms with Gasteiger partial charge in [-0.1, -0.05) is 19.9 Å². The van der Waals surface area contributed by atoms with Crippen LogP contribution in [0.5, 0.6) is 11.5 Å². The molecule has 0 amide bonds. The molecule has 2 N–H and O–H groups in total. The topological polar surface area (TPSA) is 76.0 Å². The van der Waals surface area contributed by atoms with Crippen molar-refractivity contribution in [1.29, 1.82) is 0 Å². The average Bonchev–Trinajstić information content (AvgIpc) is 2.44. The number of hydrogen-bond acceptors (Lipinski definition) is 4. The van der Waals surface area contributed by atoms with E-state index in [9.17, 15) is 15.0 Å². The quantitative estimate of drug-likeness (QED) is 0.825. The van der Waals surface area contributed by atoms with Gasteiger partial charge < -0.3 is 19.7 Å². The highest BCUT2D eigenvalue weighted by atomic mass is 16.5. The number of hydrogen-bond donors (Lipinski definition) is 2. The van der Waals surface area contributed by atoms with Gasteiger partial charge in [0.2, 0.25) is 0 Å². The van der Waals surface area contributed by atoms with Crippen molar-refractivity contribution in [2.24, 2.45) is 0 Å². The van der Waals surface area contributed by atoms with E-state index >= 15 is 0 Å². The van der Waals surface area contributed by atoms with E-state index in [0.717, 1.165) is 0 Å². The molecule has 0 bridgehead atoms. The minimum atomic E-state index is -1.79. The van der Waals surface area contributed by atoms with Crippen LogP contribution in [0.4, 0.5) is 0 Å². The molecule has 5 heteroatoms. The van der Waals surface area contributed by atoms with E-state index in [4.69, 9.17) is 9.47 Å². The lowest BCUT2D eigenvalue weighted by atomic mass is 9.81. The van der Waals surface area contributed by atoms with E-state index < -0.39 is 17.5 Å². The van der Waals surface area contributed by atoms with Crippen LogP contribution in [0.3, 0.4) is 0 Å². The van der Waals surface area contributed by atoms with Crippen molar-refractivity contribution in [3.63, 3.8) is 0 Å². The second-order valence-corrected chi connectivity index (χ2v) is 4.42. The molecule has 1 rings (SSSR count). The van der Waals surface area contributed by atoms with E-state index in [1.807, 2.05) is 0 Å². The Morgan fingerprint density at radius 1 is 1.32 bits per heavy atom. The van der Waals surface area contributed by atoms with Gasteiger partial charge in [-0.15, -0.1) is 0 Å². The van der Waals surface area contributed by atoms with Crippen LogP contribution in [-0.2, 0) is 4.79 Å². The Labute approximate surface area is 112 Å². The average molecular weight is 268 g/mol. The Kier molecular flexibility index (Phi) is 4.78. The van der Waals surface area contributed by atoms with Gasteiger partial charge in [-0.2, -0.15) is 0 Å². The van der Waals surface area contributed by atoms with Gasteiger partial charge in [-0.05, 0) is 24.1 Å². The number of ether oxygens (including phenoxy) is 2. The molecule has 0 spiro atoms. The maximum atomic E-state index is 11.2. The summed E-state index contributed by atoms with van der Waals surface area (Å²) < 4.78 is 10.3. The van der Waals surface area contributed by atoms with Crippen LogP contribution < -0.4 is 9.47 Å². The molecule has 0 aliphatic heterocycles. The fourth-order valence-corrected chi connectivity index (χ4v) is 2.04. The summed E-state index contributed by atoms with van der Waals surface area (Å²) in [7, 11) is 3.04. The summed E-state index contributed by atoms with van der Waals surface area (Å²) in [6.07, 6.45) is 0.123. The Morgan fingerprint density at radius 2 is 1.89 bits per heavy atom. The van der Waals surface area contributed by atoms with Crippen molar-refractivity contribution < 1.29 is 24.5 Å². The lowest BCUT2D eigenvalue weighted by molar-refractivity contribution is -0.161. The second kappa shape index (κ2) is 5.93. The summed E-state index contributed by atoms with van der Waals surface area (Å²) in [6.45, 7) is 3.32. The molecule has 2 unspecified atom stereocenters. The number of benzene rings is 1. The van der Waals surface area contributed by atoms with E-state index in [0.29, 0.717) is 17.1 Å². The zero-order valence-corrected chi connectivity index (χ0v) is 11.6. The molecule has 0 aliphatic carbocycles. The van der Waals surface area contributed by atoms with Crippen LogP contribution in [0, 0.1) is 0 Å². The number of methoxy groups -OCH3 is 2. The number of rotatable bonds is 6. The summed E-state index contributed by atoms with van der Waals surface area (Å²) in [5.41, 5.74) is -1.11. The van der Waals surface area contributed by atoms with Gasteiger partial charge in [-0.3, -0.25) is 0 Å². The van der Waals surface area contributed by atoms with Crippen LogP contribution in [0.25, 0.3) is 0 Å². The minimum absolute atomic E-state index is 0.123. The summed E-state index contributed by atoms with van der Waals surface area (Å²) in [4.78, 5) is 11.2. The maximum absolute atomic E-state index is 11.2. The second-order valence-electron chi connectivity index (χ2n) is 4.42. The van der Waals surface area contributed by atoms with Crippen molar-refractivity contribution in [3.05, 3.63) is 23.8 Å². The molecule has 2 atom stereocenters. The van der Waals surface area contributed by atoms with Crippen LogP contribution in [0.1, 0.15) is 31.7 Å². The standard InChI is InChI=1S/C14H20O5/c1-5-14(17,13(15)16)9(2)10-6-7-11(18-3)12(8-10)19-4/h6-9,17H,5H2,1-4H3,(H,15,16). The first-order chi connectivity index (χ1) is 8.90. The predicted molar refractivity (Wildman–Crippen MR) is 70.8 cm³/mol. The molecule has 0 saturated heterocycles. The van der Waals surface area contributed by atoms with Crippen LogP contribution in [0.15, 0.2) is 18.2 Å². The molecule has 0 fully saturated rings. The third kappa shape index (κ3) is 2.81. The maximum Gasteiger partial charge on any atom is 0.336 e. The minimum Gasteiger partial charge on any atom is -0.493 e. The van der Waals surface area contributed by atoms with Crippen molar-refractivity contribution in [2.75, 3.05) is 14.2 Å². The third-order valence-corrected chi connectivity index (χ3v) is 3.53. The molecule has 0 radical (unpaired) electrons. The lowest BCUT2D eigenvalue weighted by Crippen LogP contribution is -2.42. The predicted octanol–water partition coefficient (Wildman–Crippen LogP) is 2.03. The van der Waals surface area contributed by atoms with Crippen molar-refractivity contribution in [2.45, 2.75) is 31.8 Å². The van der Waals surface area contributed by atoms with Gasteiger partial charge >= 0.3 is 5.97 Å². The zero-order valence-electron chi connectivity index (χ0n) is 11.6. The Bertz CT molecular complexity index is 457. The number of carboxylic acids is 1. The van der Waals surface area contributed by atoms with E-state index in [1.54, 1.807) is 32.0 Å². The number of carboxylic acid groups (broad SMARTS) is 1. The largest absolute Gasteiger partial charge is 0.493 e. The molecular weight excluding hydrogens is 248 g/mol. The SMILES string of the molecule is CCC(O)(C(=O)O)C(C)c1ccc(OC)c(OC)c1. The molecule has 19 heavy (non-hydrogen) atoms. The highest BCUT2D eigenvalue weighted by molar-refractivity contribution is 5.78. The van der Waals surface area contributed by atoms with Gasteiger partial charge in [0.05, 0.1) is 14.2 Å². The number of carbonyl (C=O) groups is 1. The molecule has 1 aromatic carbocycles. The highest BCUT2D eigenvalue weighted by Crippen LogP contribution is 2.36. The lowest BCUT2D eigenvalue weighted by Gasteiger charge is -2.29. The van der Waals surface area contributed by atoms with Crippen molar-refractivity contribution in [1.82, 2.24) is 0 Å². The van der Waals surface area contributed by atoms with Crippen molar-refractivity contribution in [3.8, 4) is 11.5 Å². The molecule has 0 aliphatic rings. The highest BCUT2D eigenvalue weighted by Gasteiger charge is 2.40. The first kappa shape index (κ1) is 15.3. The number of aliphatic hydroxyl groups is 1. The molecule has 1 aromatic rings. The fourth-order valence-electron chi connectivity index (χ4n) is 2.04. The monoisotopic (exact) mass is 268 g/mol. The Balaban J connectivity index is 3.19. The third-order valence-electron chi connectivity index (χ3n) is 3.53. The van der Waals surface area contributed by atoms with Gasteiger partial charge in [-0.25, -0.2) is 4.79 Å². The summed E-state index contributed by atoms with van der Waals surface area (Å²) >= 11 is 0. The smallest absolute Gasteiger partial charge is 0.336 e. The fraction of sp³-hybridized carbons (Fsp3) is 0.500. The first-order valence-electron chi connectivity index (χ1n) is 6.08. The normalized spacial score (nSPS) is 15.4. The van der Waals surface area contributed by atoms with Gasteiger partial charge in [0.1, 0.15) is 0 Å². The molecular formula is C14H20O5. The summed E-state index contributed by atoms with van der Waals surface area (Å²) in [5, 5.41) is 19.4. The van der Waals surface area contributed by atoms with Crippen LogP contribution in [-0.4, -0.2) is 36.0 Å². The van der Waals surface area contributed by atoms with E-state index in [2.05, 4.69) is 0 Å². The van der Waals surface area contributed by atoms with Crippen LogP contribution >= 0.6 is 0 Å². The van der Waals surface area contributed by atoms with E-state index in [1.165, 1.54) is 14.2 Å². The van der Waals surface area contributed by atoms with Crippen LogP contribution in [0.2, 0.25) is 0 Å². The number of aliphatic carboxylic acids is 1. The Morgan fingerprint density at radius 3 is 2.32 bits per heavy atom. The molecule has 5 nitrogen and oxygen atoms in total. The first-order valence-corrected chi connectivity index (χ1v) is 6.08. The summed E-state index contributed by atoms with van der Waals surface area (Å²) in [6, 6.07) is 5.12. The molecule has 0 saturated carbocycles. The zero-order chi connectivity index (χ0) is 14.6. The molecule has 0 aromatic heterocycles. The van der Waals surface area contributed by atoms with Gasteiger partial charge in [0.25, 0.3) is 0 Å². The Hall–Kier alpha value is -1.75. The van der Waals surface area contributed by atoms with E-state index in [-0.39, 0.29) is 6.42 Å². The molecule has 0 heterocycles. The van der Waals surface area contributed by atoms with Gasteiger partial charge in [0.15, 0.2) is 17.1 Å². The summed E-state index contributed by atoms with van der Waals surface area (Å²) in [5.74, 6) is -0.711. The van der Waals surface area contributed by atoms with Gasteiger partial charge in [0, 0.05) is 5.92 Å².